The molecular formula is C14H11BrClN5. The number of anilines is 1. The third kappa shape index (κ3) is 3.06. The van der Waals surface area contributed by atoms with Gasteiger partial charge in [-0.1, -0.05) is 39.7 Å². The van der Waals surface area contributed by atoms with Gasteiger partial charge in [0.2, 0.25) is 0 Å². The van der Waals surface area contributed by atoms with Gasteiger partial charge in [0.05, 0.1) is 11.6 Å². The Hall–Kier alpha value is -1.92. The SMILES string of the molecule is Nc1ccc(Cl)c(-c2nnnn2Cc2ccc(Br)cc2)c1. The Balaban J connectivity index is 1.97. The molecule has 7 heteroatoms. The first-order valence-electron chi connectivity index (χ1n) is 6.19. The zero-order valence-electron chi connectivity index (χ0n) is 10.9. The number of tetrazole rings is 1. The van der Waals surface area contributed by atoms with Crippen LogP contribution < -0.4 is 5.73 Å². The van der Waals surface area contributed by atoms with Crippen molar-refractivity contribution in [3.8, 4) is 11.4 Å². The van der Waals surface area contributed by atoms with Gasteiger partial charge in [-0.2, -0.15) is 0 Å². The molecule has 2 aromatic carbocycles. The van der Waals surface area contributed by atoms with Crippen LogP contribution in [0.5, 0.6) is 0 Å². The van der Waals surface area contributed by atoms with Gasteiger partial charge in [0.15, 0.2) is 5.82 Å². The molecule has 1 heterocycles. The molecule has 3 aromatic rings. The Morgan fingerprint density at radius 3 is 2.67 bits per heavy atom. The molecule has 0 saturated carbocycles. The van der Waals surface area contributed by atoms with Crippen LogP contribution in [0.2, 0.25) is 5.02 Å². The summed E-state index contributed by atoms with van der Waals surface area (Å²) in [4.78, 5) is 0. The Kier molecular flexibility index (Phi) is 3.90. The van der Waals surface area contributed by atoms with Crippen molar-refractivity contribution < 1.29 is 0 Å². The van der Waals surface area contributed by atoms with E-state index in [4.69, 9.17) is 17.3 Å². The third-order valence-electron chi connectivity index (χ3n) is 3.01. The van der Waals surface area contributed by atoms with Crippen LogP contribution >= 0.6 is 27.5 Å². The van der Waals surface area contributed by atoms with Gasteiger partial charge in [0, 0.05) is 15.7 Å². The second-order valence-corrected chi connectivity index (χ2v) is 5.85. The van der Waals surface area contributed by atoms with Crippen molar-refractivity contribution in [1.29, 1.82) is 0 Å². The summed E-state index contributed by atoms with van der Waals surface area (Å²) in [6.07, 6.45) is 0. The van der Waals surface area contributed by atoms with Crippen LogP contribution in [0.25, 0.3) is 11.4 Å². The van der Waals surface area contributed by atoms with Crippen LogP contribution in [0.4, 0.5) is 5.69 Å². The van der Waals surface area contributed by atoms with Crippen LogP contribution in [0.1, 0.15) is 5.56 Å². The maximum Gasteiger partial charge on any atom is 0.183 e. The highest BCUT2D eigenvalue weighted by Gasteiger charge is 2.13. The summed E-state index contributed by atoms with van der Waals surface area (Å²) in [6, 6.07) is 13.2. The van der Waals surface area contributed by atoms with Crippen molar-refractivity contribution in [2.45, 2.75) is 6.54 Å². The molecule has 0 saturated heterocycles. The van der Waals surface area contributed by atoms with Crippen molar-refractivity contribution in [3.05, 3.63) is 57.5 Å². The van der Waals surface area contributed by atoms with E-state index in [0.717, 1.165) is 15.6 Å². The maximum absolute atomic E-state index is 6.21. The Morgan fingerprint density at radius 1 is 1.14 bits per heavy atom. The second kappa shape index (κ2) is 5.83. The monoisotopic (exact) mass is 363 g/mol. The van der Waals surface area contributed by atoms with Gasteiger partial charge in [-0.05, 0) is 46.3 Å². The first kappa shape index (κ1) is 14.0. The van der Waals surface area contributed by atoms with Gasteiger partial charge in [-0.15, -0.1) is 5.10 Å². The fourth-order valence-electron chi connectivity index (χ4n) is 1.98. The normalized spacial score (nSPS) is 10.8. The smallest absolute Gasteiger partial charge is 0.183 e. The summed E-state index contributed by atoms with van der Waals surface area (Å²) in [5.74, 6) is 0.593. The summed E-state index contributed by atoms with van der Waals surface area (Å²) >= 11 is 9.63. The summed E-state index contributed by atoms with van der Waals surface area (Å²) in [5, 5.41) is 12.4. The fourth-order valence-corrected chi connectivity index (χ4v) is 2.45. The standard InChI is InChI=1S/C14H11BrClN5/c15-10-3-1-9(2-4-10)8-21-14(18-19-20-21)12-7-11(17)5-6-13(12)16/h1-7H,8,17H2. The predicted molar refractivity (Wildman–Crippen MR) is 85.9 cm³/mol. The van der Waals surface area contributed by atoms with E-state index in [0.29, 0.717) is 23.1 Å². The summed E-state index contributed by atoms with van der Waals surface area (Å²) in [6.45, 7) is 0.556. The third-order valence-corrected chi connectivity index (χ3v) is 3.87. The van der Waals surface area contributed by atoms with Gasteiger partial charge in [-0.25, -0.2) is 4.68 Å². The molecular weight excluding hydrogens is 354 g/mol. The van der Waals surface area contributed by atoms with Gasteiger partial charge < -0.3 is 5.73 Å². The zero-order chi connectivity index (χ0) is 14.8. The van der Waals surface area contributed by atoms with Crippen molar-refractivity contribution in [2.24, 2.45) is 0 Å². The molecule has 21 heavy (non-hydrogen) atoms. The minimum Gasteiger partial charge on any atom is -0.399 e. The molecule has 0 aliphatic rings. The molecule has 2 N–H and O–H groups in total. The molecule has 5 nitrogen and oxygen atoms in total. The van der Waals surface area contributed by atoms with Gasteiger partial charge in [-0.3, -0.25) is 0 Å². The average Bonchev–Trinajstić information content (AvgIpc) is 2.92. The number of hydrogen-bond donors (Lipinski definition) is 1. The number of nitrogens with zero attached hydrogens (tertiary/aromatic N) is 4. The predicted octanol–water partition coefficient (Wildman–Crippen LogP) is 3.39. The Bertz CT molecular complexity index is 769. The number of nitrogen functional groups attached to an aromatic ring is 1. The van der Waals surface area contributed by atoms with E-state index in [-0.39, 0.29) is 0 Å². The first-order valence-corrected chi connectivity index (χ1v) is 7.36. The van der Waals surface area contributed by atoms with E-state index in [1.807, 2.05) is 24.3 Å². The van der Waals surface area contributed by atoms with Gasteiger partial charge >= 0.3 is 0 Å². The largest absolute Gasteiger partial charge is 0.399 e. The molecule has 0 bridgehead atoms. The van der Waals surface area contributed by atoms with Crippen LogP contribution in [-0.4, -0.2) is 20.2 Å². The number of hydrogen-bond acceptors (Lipinski definition) is 4. The number of benzene rings is 2. The van der Waals surface area contributed by atoms with E-state index in [2.05, 4.69) is 31.5 Å². The highest BCUT2D eigenvalue weighted by molar-refractivity contribution is 9.10. The van der Waals surface area contributed by atoms with Crippen LogP contribution in [0, 0.1) is 0 Å². The van der Waals surface area contributed by atoms with Gasteiger partial charge in [0.1, 0.15) is 0 Å². The highest BCUT2D eigenvalue weighted by Crippen LogP contribution is 2.28. The van der Waals surface area contributed by atoms with E-state index in [1.165, 1.54) is 0 Å². The van der Waals surface area contributed by atoms with Crippen molar-refractivity contribution in [2.75, 3.05) is 5.73 Å². The highest BCUT2D eigenvalue weighted by atomic mass is 79.9. The zero-order valence-corrected chi connectivity index (χ0v) is 13.2. The number of aromatic nitrogens is 4. The van der Waals surface area contributed by atoms with Crippen molar-refractivity contribution in [1.82, 2.24) is 20.2 Å². The number of rotatable bonds is 3. The second-order valence-electron chi connectivity index (χ2n) is 4.53. The van der Waals surface area contributed by atoms with Crippen molar-refractivity contribution in [3.63, 3.8) is 0 Å². The molecule has 0 radical (unpaired) electrons. The molecule has 0 aliphatic carbocycles. The van der Waals surface area contributed by atoms with Crippen LogP contribution in [-0.2, 0) is 6.54 Å². The molecule has 3 rings (SSSR count). The minimum absolute atomic E-state index is 0.556. The minimum atomic E-state index is 0.556. The topological polar surface area (TPSA) is 69.6 Å². The summed E-state index contributed by atoms with van der Waals surface area (Å²) in [7, 11) is 0. The Labute approximate surface area is 134 Å². The van der Waals surface area contributed by atoms with Gasteiger partial charge in [0.25, 0.3) is 0 Å². The Morgan fingerprint density at radius 2 is 1.90 bits per heavy atom. The van der Waals surface area contributed by atoms with Crippen LogP contribution in [0.15, 0.2) is 46.9 Å². The molecule has 106 valence electrons. The number of nitrogens with two attached hydrogens (primary N) is 1. The maximum atomic E-state index is 6.21. The lowest BCUT2D eigenvalue weighted by atomic mass is 10.2. The van der Waals surface area contributed by atoms with E-state index in [9.17, 15) is 0 Å². The molecule has 0 amide bonds. The molecule has 0 aliphatic heterocycles. The van der Waals surface area contributed by atoms with E-state index in [1.54, 1.807) is 22.9 Å². The number of halogens is 2. The lowest BCUT2D eigenvalue weighted by molar-refractivity contribution is 0.653. The average molecular weight is 365 g/mol. The lowest BCUT2D eigenvalue weighted by Crippen LogP contribution is -2.04. The first-order chi connectivity index (χ1) is 10.1. The summed E-state index contributed by atoms with van der Waals surface area (Å²) in [5.41, 5.74) is 8.24. The molecule has 0 atom stereocenters. The molecule has 0 unspecified atom stereocenters. The van der Waals surface area contributed by atoms with Crippen LogP contribution in [0.3, 0.4) is 0 Å². The van der Waals surface area contributed by atoms with E-state index >= 15 is 0 Å². The molecule has 1 aromatic heterocycles. The summed E-state index contributed by atoms with van der Waals surface area (Å²) < 4.78 is 2.73. The van der Waals surface area contributed by atoms with Crippen molar-refractivity contribution >= 4 is 33.2 Å². The fraction of sp³-hybridized carbons (Fsp3) is 0.0714. The van der Waals surface area contributed by atoms with E-state index < -0.39 is 0 Å². The quantitative estimate of drug-likeness (QED) is 0.723. The molecule has 0 fully saturated rings. The lowest BCUT2D eigenvalue weighted by Gasteiger charge is -2.07. The molecule has 0 spiro atoms.